The fourth-order valence-corrected chi connectivity index (χ4v) is 2.83. The van der Waals surface area contributed by atoms with E-state index in [1.165, 1.54) is 23.9 Å². The van der Waals surface area contributed by atoms with E-state index in [-0.39, 0.29) is 17.5 Å². The summed E-state index contributed by atoms with van der Waals surface area (Å²) in [5.74, 6) is 0.566. The number of rotatable bonds is 8. The molecule has 130 valence electrons. The minimum Gasteiger partial charge on any atom is -0.467 e. The Morgan fingerprint density at radius 2 is 2.12 bits per heavy atom. The maximum atomic E-state index is 12.8. The topological polar surface area (TPSA) is 85.8 Å². The van der Waals surface area contributed by atoms with Crippen LogP contribution in [-0.4, -0.2) is 38.4 Å². The van der Waals surface area contributed by atoms with Gasteiger partial charge in [0.15, 0.2) is 0 Å². The Kier molecular flexibility index (Phi) is 5.78. The van der Waals surface area contributed by atoms with Gasteiger partial charge in [-0.1, -0.05) is 23.9 Å². The van der Waals surface area contributed by atoms with Crippen LogP contribution in [0.4, 0.5) is 4.39 Å². The van der Waals surface area contributed by atoms with Crippen LogP contribution in [-0.2, 0) is 17.8 Å². The summed E-state index contributed by atoms with van der Waals surface area (Å²) in [4.78, 5) is 11.9. The van der Waals surface area contributed by atoms with Crippen LogP contribution in [0.5, 0.6) is 0 Å². The normalized spacial score (nSPS) is 10.8. The fourth-order valence-electron chi connectivity index (χ4n) is 2.13. The largest absolute Gasteiger partial charge is 0.467 e. The summed E-state index contributed by atoms with van der Waals surface area (Å²) in [6, 6.07) is 9.86. The molecule has 3 rings (SSSR count). The number of carbonyl (C=O) groups is 1. The van der Waals surface area contributed by atoms with Gasteiger partial charge >= 0.3 is 0 Å². The number of aromatic nitrogens is 4. The van der Waals surface area contributed by atoms with Crippen LogP contribution in [0.1, 0.15) is 11.3 Å². The lowest BCUT2D eigenvalue weighted by Crippen LogP contribution is -2.27. The summed E-state index contributed by atoms with van der Waals surface area (Å²) in [5.41, 5.74) is 0.969. The van der Waals surface area contributed by atoms with Gasteiger partial charge in [0.1, 0.15) is 18.1 Å². The standard InChI is InChI=1S/C16H16FN5O2S/c17-13-5-3-12(4-6-13)7-8-18-15(23)11-25-16-19-20-21-22(16)10-14-2-1-9-24-14/h1-6,9H,7-8,10-11H2,(H,18,23). The summed E-state index contributed by atoms with van der Waals surface area (Å²) in [6.45, 7) is 0.900. The van der Waals surface area contributed by atoms with Crippen molar-refractivity contribution >= 4 is 17.7 Å². The highest BCUT2D eigenvalue weighted by Gasteiger charge is 2.11. The van der Waals surface area contributed by atoms with Crippen LogP contribution in [0.2, 0.25) is 0 Å². The maximum absolute atomic E-state index is 12.8. The predicted molar refractivity (Wildman–Crippen MR) is 89.5 cm³/mol. The minimum absolute atomic E-state index is 0.111. The molecular weight excluding hydrogens is 345 g/mol. The van der Waals surface area contributed by atoms with Gasteiger partial charge in [-0.05, 0) is 46.7 Å². The van der Waals surface area contributed by atoms with Gasteiger partial charge in [-0.3, -0.25) is 4.79 Å². The van der Waals surface area contributed by atoms with E-state index in [1.54, 1.807) is 29.1 Å². The van der Waals surface area contributed by atoms with Gasteiger partial charge in [-0.2, -0.15) is 0 Å². The molecular formula is C16H16FN5O2S. The van der Waals surface area contributed by atoms with Crippen molar-refractivity contribution in [3.63, 3.8) is 0 Å². The number of amides is 1. The molecule has 7 nitrogen and oxygen atoms in total. The lowest BCUT2D eigenvalue weighted by Gasteiger charge is -2.05. The zero-order chi connectivity index (χ0) is 17.5. The van der Waals surface area contributed by atoms with Gasteiger partial charge in [0.05, 0.1) is 12.0 Å². The van der Waals surface area contributed by atoms with Crippen LogP contribution < -0.4 is 5.32 Å². The van der Waals surface area contributed by atoms with E-state index in [0.29, 0.717) is 24.7 Å². The average Bonchev–Trinajstić information content (AvgIpc) is 3.27. The molecule has 0 aliphatic carbocycles. The smallest absolute Gasteiger partial charge is 0.230 e. The molecule has 0 spiro atoms. The molecule has 0 radical (unpaired) electrons. The summed E-state index contributed by atoms with van der Waals surface area (Å²) >= 11 is 1.26. The van der Waals surface area contributed by atoms with Crippen molar-refractivity contribution in [1.29, 1.82) is 0 Å². The molecule has 0 aliphatic rings. The average molecular weight is 361 g/mol. The Labute approximate surface area is 147 Å². The predicted octanol–water partition coefficient (Wildman–Crippen LogP) is 1.90. The van der Waals surface area contributed by atoms with Gasteiger partial charge in [-0.15, -0.1) is 5.10 Å². The first kappa shape index (κ1) is 17.2. The highest BCUT2D eigenvalue weighted by atomic mass is 32.2. The third-order valence-corrected chi connectivity index (χ3v) is 4.32. The first-order chi connectivity index (χ1) is 12.2. The number of nitrogens with one attached hydrogen (secondary N) is 1. The van der Waals surface area contributed by atoms with Gasteiger partial charge in [0, 0.05) is 6.54 Å². The summed E-state index contributed by atoms with van der Waals surface area (Å²) in [7, 11) is 0. The molecule has 0 bridgehead atoms. The molecule has 1 aromatic carbocycles. The summed E-state index contributed by atoms with van der Waals surface area (Å²) in [5, 5.41) is 14.8. The zero-order valence-corrected chi connectivity index (χ0v) is 14.1. The molecule has 9 heteroatoms. The van der Waals surface area contributed by atoms with Crippen molar-refractivity contribution in [2.24, 2.45) is 0 Å². The number of hydrogen-bond donors (Lipinski definition) is 1. The Bertz CT molecular complexity index is 804. The number of halogens is 1. The molecule has 0 saturated carbocycles. The fraction of sp³-hybridized carbons (Fsp3) is 0.250. The first-order valence-corrected chi connectivity index (χ1v) is 8.62. The van der Waals surface area contributed by atoms with Crippen LogP contribution >= 0.6 is 11.8 Å². The third kappa shape index (κ3) is 5.15. The summed E-state index contributed by atoms with van der Waals surface area (Å²) < 4.78 is 19.7. The molecule has 0 unspecified atom stereocenters. The van der Waals surface area contributed by atoms with Crippen molar-refractivity contribution < 1.29 is 13.6 Å². The van der Waals surface area contributed by atoms with Crippen molar-refractivity contribution in [1.82, 2.24) is 25.5 Å². The van der Waals surface area contributed by atoms with Crippen molar-refractivity contribution in [3.8, 4) is 0 Å². The number of furan rings is 1. The number of carbonyl (C=O) groups excluding carboxylic acids is 1. The molecule has 2 aromatic heterocycles. The summed E-state index contributed by atoms with van der Waals surface area (Å²) in [6.07, 6.45) is 2.23. The SMILES string of the molecule is O=C(CSc1nnnn1Cc1ccco1)NCCc1ccc(F)cc1. The Balaban J connectivity index is 1.42. The number of hydrogen-bond acceptors (Lipinski definition) is 6. The quantitative estimate of drug-likeness (QED) is 0.617. The van der Waals surface area contributed by atoms with E-state index in [2.05, 4.69) is 20.8 Å². The van der Waals surface area contributed by atoms with Gasteiger partial charge in [0.2, 0.25) is 11.1 Å². The molecule has 0 saturated heterocycles. The van der Waals surface area contributed by atoms with E-state index >= 15 is 0 Å². The molecule has 2 heterocycles. The molecule has 0 aliphatic heterocycles. The second kappa shape index (κ2) is 8.43. The third-order valence-electron chi connectivity index (χ3n) is 3.37. The lowest BCUT2D eigenvalue weighted by molar-refractivity contribution is -0.118. The molecule has 25 heavy (non-hydrogen) atoms. The van der Waals surface area contributed by atoms with Crippen LogP contribution in [0.25, 0.3) is 0 Å². The van der Waals surface area contributed by atoms with Crippen molar-refractivity contribution in [3.05, 3.63) is 59.8 Å². The van der Waals surface area contributed by atoms with E-state index in [1.807, 2.05) is 6.07 Å². The van der Waals surface area contributed by atoms with Crippen molar-refractivity contribution in [2.75, 3.05) is 12.3 Å². The number of benzene rings is 1. The number of tetrazole rings is 1. The van der Waals surface area contributed by atoms with Gasteiger partial charge in [0.25, 0.3) is 0 Å². The molecule has 0 atom stereocenters. The first-order valence-electron chi connectivity index (χ1n) is 7.63. The number of thioether (sulfide) groups is 1. The van der Waals surface area contributed by atoms with Gasteiger partial charge in [-0.25, -0.2) is 9.07 Å². The zero-order valence-electron chi connectivity index (χ0n) is 13.3. The van der Waals surface area contributed by atoms with E-state index in [4.69, 9.17) is 4.42 Å². The Hall–Kier alpha value is -2.68. The van der Waals surface area contributed by atoms with Crippen LogP contribution in [0.3, 0.4) is 0 Å². The van der Waals surface area contributed by atoms with E-state index in [9.17, 15) is 9.18 Å². The number of nitrogens with zero attached hydrogens (tertiary/aromatic N) is 4. The Morgan fingerprint density at radius 1 is 1.28 bits per heavy atom. The van der Waals surface area contributed by atoms with Crippen LogP contribution in [0, 0.1) is 5.82 Å². The monoisotopic (exact) mass is 361 g/mol. The lowest BCUT2D eigenvalue weighted by atomic mass is 10.1. The Morgan fingerprint density at radius 3 is 2.88 bits per heavy atom. The molecule has 3 aromatic rings. The molecule has 1 N–H and O–H groups in total. The van der Waals surface area contributed by atoms with E-state index in [0.717, 1.165) is 11.3 Å². The van der Waals surface area contributed by atoms with Crippen molar-refractivity contribution in [2.45, 2.75) is 18.1 Å². The highest BCUT2D eigenvalue weighted by molar-refractivity contribution is 7.99. The van der Waals surface area contributed by atoms with Crippen LogP contribution in [0.15, 0.2) is 52.2 Å². The second-order valence-corrected chi connectivity index (χ2v) is 6.16. The van der Waals surface area contributed by atoms with Gasteiger partial charge < -0.3 is 9.73 Å². The maximum Gasteiger partial charge on any atom is 0.230 e. The second-order valence-electron chi connectivity index (χ2n) is 5.21. The van der Waals surface area contributed by atoms with E-state index < -0.39 is 0 Å². The minimum atomic E-state index is -0.267. The highest BCUT2D eigenvalue weighted by Crippen LogP contribution is 2.14. The molecule has 1 amide bonds. The molecule has 0 fully saturated rings.